The third kappa shape index (κ3) is 7.48. The van der Waals surface area contributed by atoms with E-state index in [2.05, 4.69) is 4.74 Å². The Morgan fingerprint density at radius 1 is 1.00 bits per heavy atom. The van der Waals surface area contributed by atoms with Gasteiger partial charge < -0.3 is 14.6 Å². The Morgan fingerprint density at radius 3 is 2.10 bits per heavy atom. The van der Waals surface area contributed by atoms with Crippen molar-refractivity contribution < 1.29 is 29.0 Å². The monoisotopic (exact) mass is 298 g/mol. The highest BCUT2D eigenvalue weighted by molar-refractivity contribution is 5.92. The molecule has 1 atom stereocenters. The molecule has 118 valence electrons. The van der Waals surface area contributed by atoms with Gasteiger partial charge in [-0.2, -0.15) is 0 Å². The van der Waals surface area contributed by atoms with E-state index < -0.39 is 24.0 Å². The van der Waals surface area contributed by atoms with Crippen LogP contribution >= 0.6 is 0 Å². The Hall–Kier alpha value is -1.85. The Morgan fingerprint density at radius 2 is 1.52 bits per heavy atom. The zero-order valence-electron chi connectivity index (χ0n) is 12.2. The van der Waals surface area contributed by atoms with Crippen molar-refractivity contribution in [3.05, 3.63) is 12.2 Å². The van der Waals surface area contributed by atoms with E-state index in [1.54, 1.807) is 0 Å². The molecular weight excluding hydrogens is 276 g/mol. The Balaban J connectivity index is 2.35. The standard InChI is InChI=1S/C15H22O6/c1-11(15(18)19)20-13(16)9-10-14(17)21-12-7-5-3-2-4-6-8-12/h9-12H,2-8H2,1H3,(H,18,19)/b10-9+/t11-/m0/s1. The first kappa shape index (κ1) is 17.2. The molecule has 6 heteroatoms. The van der Waals surface area contributed by atoms with Gasteiger partial charge in [-0.25, -0.2) is 14.4 Å². The first-order valence-electron chi connectivity index (χ1n) is 7.31. The summed E-state index contributed by atoms with van der Waals surface area (Å²) in [6.45, 7) is 1.24. The molecule has 21 heavy (non-hydrogen) atoms. The average Bonchev–Trinajstić information content (AvgIpc) is 2.39. The first-order chi connectivity index (χ1) is 9.99. The minimum Gasteiger partial charge on any atom is -0.479 e. The smallest absolute Gasteiger partial charge is 0.344 e. The summed E-state index contributed by atoms with van der Waals surface area (Å²) in [7, 11) is 0. The Bertz CT molecular complexity index is 393. The molecule has 0 amide bonds. The fourth-order valence-electron chi connectivity index (χ4n) is 2.14. The minimum atomic E-state index is -1.25. The van der Waals surface area contributed by atoms with E-state index in [1.165, 1.54) is 13.3 Å². The Labute approximate surface area is 124 Å². The average molecular weight is 298 g/mol. The lowest BCUT2D eigenvalue weighted by Crippen LogP contribution is -2.23. The lowest BCUT2D eigenvalue weighted by Gasteiger charge is -2.19. The molecule has 1 aliphatic carbocycles. The van der Waals surface area contributed by atoms with Crippen LogP contribution in [0, 0.1) is 0 Å². The van der Waals surface area contributed by atoms with Crippen LogP contribution in [0.3, 0.4) is 0 Å². The molecule has 1 saturated carbocycles. The highest BCUT2D eigenvalue weighted by atomic mass is 16.6. The van der Waals surface area contributed by atoms with Crippen molar-refractivity contribution in [1.82, 2.24) is 0 Å². The van der Waals surface area contributed by atoms with Gasteiger partial charge in [0, 0.05) is 12.2 Å². The molecule has 0 aromatic heterocycles. The quantitative estimate of drug-likeness (QED) is 0.618. The number of ether oxygens (including phenoxy) is 2. The van der Waals surface area contributed by atoms with Gasteiger partial charge in [0.2, 0.25) is 0 Å². The molecule has 0 aromatic rings. The zero-order valence-corrected chi connectivity index (χ0v) is 12.2. The van der Waals surface area contributed by atoms with Gasteiger partial charge in [-0.15, -0.1) is 0 Å². The van der Waals surface area contributed by atoms with E-state index in [0.29, 0.717) is 0 Å². The van der Waals surface area contributed by atoms with Crippen LogP contribution in [0.4, 0.5) is 0 Å². The van der Waals surface area contributed by atoms with Crippen molar-refractivity contribution >= 4 is 17.9 Å². The lowest BCUT2D eigenvalue weighted by molar-refractivity contribution is -0.159. The predicted molar refractivity (Wildman–Crippen MR) is 74.5 cm³/mol. The summed E-state index contributed by atoms with van der Waals surface area (Å²) in [5, 5.41) is 8.58. The molecule has 0 aromatic carbocycles. The van der Waals surface area contributed by atoms with Crippen LogP contribution in [0.2, 0.25) is 0 Å². The number of carbonyl (C=O) groups excluding carboxylic acids is 2. The summed E-state index contributed by atoms with van der Waals surface area (Å²) in [5.74, 6) is -2.71. The van der Waals surface area contributed by atoms with Crippen molar-refractivity contribution in [2.75, 3.05) is 0 Å². The van der Waals surface area contributed by atoms with Gasteiger partial charge in [0.15, 0.2) is 6.10 Å². The molecule has 0 radical (unpaired) electrons. The van der Waals surface area contributed by atoms with E-state index in [-0.39, 0.29) is 6.10 Å². The minimum absolute atomic E-state index is 0.101. The molecule has 1 rings (SSSR count). The maximum absolute atomic E-state index is 11.6. The summed E-state index contributed by atoms with van der Waals surface area (Å²) in [6, 6.07) is 0. The first-order valence-corrected chi connectivity index (χ1v) is 7.31. The largest absolute Gasteiger partial charge is 0.479 e. The van der Waals surface area contributed by atoms with Crippen LogP contribution in [0.1, 0.15) is 51.9 Å². The number of esters is 2. The second kappa shape index (κ2) is 9.15. The number of aliphatic carboxylic acids is 1. The van der Waals surface area contributed by atoms with Crippen LogP contribution in [-0.4, -0.2) is 35.2 Å². The van der Waals surface area contributed by atoms with Gasteiger partial charge in [0.05, 0.1) is 0 Å². The topological polar surface area (TPSA) is 89.9 Å². The van der Waals surface area contributed by atoms with E-state index in [4.69, 9.17) is 9.84 Å². The third-order valence-corrected chi connectivity index (χ3v) is 3.33. The van der Waals surface area contributed by atoms with Crippen molar-refractivity contribution in [2.45, 2.75) is 64.1 Å². The maximum atomic E-state index is 11.6. The number of rotatable bonds is 5. The zero-order chi connectivity index (χ0) is 15.7. The van der Waals surface area contributed by atoms with Gasteiger partial charge in [0.1, 0.15) is 6.10 Å². The summed E-state index contributed by atoms with van der Waals surface area (Å²) in [4.78, 5) is 33.4. The molecule has 0 heterocycles. The van der Waals surface area contributed by atoms with Crippen LogP contribution in [0.5, 0.6) is 0 Å². The van der Waals surface area contributed by atoms with Crippen molar-refractivity contribution in [3.63, 3.8) is 0 Å². The normalized spacial score (nSPS) is 18.5. The SMILES string of the molecule is C[C@H](OC(=O)/C=C/C(=O)OC1CCCCCCC1)C(=O)O. The van der Waals surface area contributed by atoms with E-state index in [1.807, 2.05) is 0 Å². The van der Waals surface area contributed by atoms with Crippen molar-refractivity contribution in [2.24, 2.45) is 0 Å². The van der Waals surface area contributed by atoms with Gasteiger partial charge >= 0.3 is 17.9 Å². The molecule has 0 bridgehead atoms. The van der Waals surface area contributed by atoms with Crippen LogP contribution < -0.4 is 0 Å². The molecule has 1 N–H and O–H groups in total. The van der Waals surface area contributed by atoms with E-state index in [0.717, 1.165) is 50.7 Å². The van der Waals surface area contributed by atoms with Crippen LogP contribution in [0.15, 0.2) is 12.2 Å². The molecule has 0 spiro atoms. The highest BCUT2D eigenvalue weighted by Gasteiger charge is 2.16. The molecular formula is C15H22O6. The second-order valence-corrected chi connectivity index (χ2v) is 5.15. The molecule has 6 nitrogen and oxygen atoms in total. The Kier molecular flexibility index (Phi) is 7.50. The number of carboxylic acid groups (broad SMARTS) is 1. The van der Waals surface area contributed by atoms with E-state index in [9.17, 15) is 14.4 Å². The van der Waals surface area contributed by atoms with Crippen LogP contribution in [-0.2, 0) is 23.9 Å². The van der Waals surface area contributed by atoms with Gasteiger partial charge in [-0.05, 0) is 32.6 Å². The summed E-state index contributed by atoms with van der Waals surface area (Å²) in [5.41, 5.74) is 0. The molecule has 0 saturated heterocycles. The highest BCUT2D eigenvalue weighted by Crippen LogP contribution is 2.19. The van der Waals surface area contributed by atoms with Gasteiger partial charge in [-0.3, -0.25) is 0 Å². The second-order valence-electron chi connectivity index (χ2n) is 5.15. The fraction of sp³-hybridized carbons (Fsp3) is 0.667. The van der Waals surface area contributed by atoms with E-state index >= 15 is 0 Å². The summed E-state index contributed by atoms with van der Waals surface area (Å²) < 4.78 is 9.84. The number of hydrogen-bond acceptors (Lipinski definition) is 5. The van der Waals surface area contributed by atoms with Crippen molar-refractivity contribution in [1.29, 1.82) is 0 Å². The van der Waals surface area contributed by atoms with Gasteiger partial charge in [0.25, 0.3) is 0 Å². The number of hydrogen-bond donors (Lipinski definition) is 1. The summed E-state index contributed by atoms with van der Waals surface area (Å²) in [6.07, 6.45) is 7.85. The maximum Gasteiger partial charge on any atom is 0.344 e. The number of carboxylic acids is 1. The predicted octanol–water partition coefficient (Wildman–Crippen LogP) is 2.21. The molecule has 0 unspecified atom stereocenters. The lowest BCUT2D eigenvalue weighted by atomic mass is 9.99. The third-order valence-electron chi connectivity index (χ3n) is 3.33. The van der Waals surface area contributed by atoms with Crippen molar-refractivity contribution in [3.8, 4) is 0 Å². The van der Waals surface area contributed by atoms with Gasteiger partial charge in [-0.1, -0.05) is 19.3 Å². The fourth-order valence-corrected chi connectivity index (χ4v) is 2.14. The summed E-state index contributed by atoms with van der Waals surface area (Å²) >= 11 is 0. The molecule has 1 fully saturated rings. The number of carbonyl (C=O) groups is 3. The molecule has 1 aliphatic rings. The van der Waals surface area contributed by atoms with Crippen LogP contribution in [0.25, 0.3) is 0 Å². The molecule has 0 aliphatic heterocycles.